The van der Waals surface area contributed by atoms with Crippen LogP contribution in [0.25, 0.3) is 0 Å². The Morgan fingerprint density at radius 1 is 1.14 bits per heavy atom. The molecule has 0 aliphatic heterocycles. The van der Waals surface area contributed by atoms with Gasteiger partial charge in [-0.2, -0.15) is 0 Å². The largest absolute Gasteiger partial charge is 0.350 e. The first-order valence-corrected chi connectivity index (χ1v) is 13.4. The number of nitro benzene ring substituents is 1. The fraction of sp³-hybridized carbons (Fsp3) is 0.417. The molecule has 2 aromatic carbocycles. The number of non-ortho nitro benzene ring substituents is 1. The maximum atomic E-state index is 13.6. The molecule has 0 spiro atoms. The van der Waals surface area contributed by atoms with Gasteiger partial charge in [0.05, 0.1) is 16.9 Å². The van der Waals surface area contributed by atoms with Crippen LogP contribution in [-0.4, -0.2) is 54.4 Å². The lowest BCUT2D eigenvalue weighted by molar-refractivity contribution is -0.384. The van der Waals surface area contributed by atoms with Crippen molar-refractivity contribution in [3.63, 3.8) is 0 Å². The minimum absolute atomic E-state index is 0.0264. The van der Waals surface area contributed by atoms with Crippen molar-refractivity contribution in [1.29, 1.82) is 0 Å². The Morgan fingerprint density at radius 2 is 1.75 bits per heavy atom. The summed E-state index contributed by atoms with van der Waals surface area (Å²) in [6.07, 6.45) is 1.18. The van der Waals surface area contributed by atoms with Gasteiger partial charge in [0.15, 0.2) is 0 Å². The van der Waals surface area contributed by atoms with Crippen LogP contribution in [0.5, 0.6) is 0 Å². The second-order valence-corrected chi connectivity index (χ2v) is 11.7. The summed E-state index contributed by atoms with van der Waals surface area (Å²) in [4.78, 5) is 38.6. The first kappa shape index (κ1) is 29.1. The zero-order valence-corrected chi connectivity index (χ0v) is 22.5. The molecule has 0 aromatic heterocycles. The van der Waals surface area contributed by atoms with Crippen molar-refractivity contribution in [3.8, 4) is 0 Å². The van der Waals surface area contributed by atoms with Crippen molar-refractivity contribution in [1.82, 2.24) is 10.2 Å². The van der Waals surface area contributed by atoms with Crippen LogP contribution in [0.15, 0.2) is 48.5 Å². The molecule has 2 aromatic rings. The predicted molar refractivity (Wildman–Crippen MR) is 139 cm³/mol. The van der Waals surface area contributed by atoms with E-state index in [1.54, 1.807) is 31.2 Å². The van der Waals surface area contributed by atoms with Gasteiger partial charge in [-0.15, -0.1) is 0 Å². The molecule has 10 nitrogen and oxygen atoms in total. The number of hydrogen-bond acceptors (Lipinski definition) is 6. The smallest absolute Gasteiger partial charge is 0.271 e. The van der Waals surface area contributed by atoms with Crippen molar-refractivity contribution >= 4 is 44.8 Å². The number of hydrogen-bond donors (Lipinski definition) is 1. The average Bonchev–Trinajstić information content (AvgIpc) is 2.76. The standard InChI is InChI=1S/C24H31ClN4O6S/c1-6-21(23(31)26-24(2,3)4)27(15-17-10-12-18(25)13-11-17)22(30)16-28(36(5,34)35)19-8-7-9-20(14-19)29(32)33/h7-14,21H,6,15-16H2,1-5H3,(H,26,31). The maximum Gasteiger partial charge on any atom is 0.271 e. The third-order valence-corrected chi connectivity index (χ3v) is 6.55. The van der Waals surface area contributed by atoms with E-state index in [2.05, 4.69) is 5.32 Å². The highest BCUT2D eigenvalue weighted by molar-refractivity contribution is 7.92. The first-order valence-electron chi connectivity index (χ1n) is 11.2. The lowest BCUT2D eigenvalue weighted by Crippen LogP contribution is -2.55. The zero-order chi connectivity index (χ0) is 27.3. The fourth-order valence-electron chi connectivity index (χ4n) is 3.53. The average molecular weight is 539 g/mol. The van der Waals surface area contributed by atoms with Gasteiger partial charge in [-0.25, -0.2) is 8.42 Å². The number of halogens is 1. The lowest BCUT2D eigenvalue weighted by Gasteiger charge is -2.34. The molecule has 12 heteroatoms. The van der Waals surface area contributed by atoms with Crippen molar-refractivity contribution < 1.29 is 22.9 Å². The summed E-state index contributed by atoms with van der Waals surface area (Å²) in [6, 6.07) is 10.9. The monoisotopic (exact) mass is 538 g/mol. The molecule has 2 amide bonds. The van der Waals surface area contributed by atoms with Crippen LogP contribution in [0, 0.1) is 10.1 Å². The number of carbonyl (C=O) groups excluding carboxylic acids is 2. The van der Waals surface area contributed by atoms with Crippen LogP contribution >= 0.6 is 11.6 Å². The Kier molecular flexibility index (Phi) is 9.44. The van der Waals surface area contributed by atoms with Gasteiger partial charge in [0.2, 0.25) is 21.8 Å². The maximum absolute atomic E-state index is 13.6. The lowest BCUT2D eigenvalue weighted by atomic mass is 10.1. The third kappa shape index (κ3) is 8.20. The molecule has 1 unspecified atom stereocenters. The van der Waals surface area contributed by atoms with E-state index in [0.717, 1.165) is 16.6 Å². The van der Waals surface area contributed by atoms with Crippen LogP contribution in [0.4, 0.5) is 11.4 Å². The summed E-state index contributed by atoms with van der Waals surface area (Å²) < 4.78 is 26.0. The van der Waals surface area contributed by atoms with Gasteiger partial charge >= 0.3 is 0 Å². The normalized spacial score (nSPS) is 12.5. The van der Waals surface area contributed by atoms with Crippen molar-refractivity contribution in [3.05, 3.63) is 69.2 Å². The molecular weight excluding hydrogens is 508 g/mol. The number of nitro groups is 1. The molecule has 196 valence electrons. The van der Waals surface area contributed by atoms with Gasteiger partial charge in [-0.3, -0.25) is 24.0 Å². The van der Waals surface area contributed by atoms with Crippen LogP contribution < -0.4 is 9.62 Å². The summed E-state index contributed by atoms with van der Waals surface area (Å²) in [5.41, 5.74) is -0.210. The number of carbonyl (C=O) groups is 2. The summed E-state index contributed by atoms with van der Waals surface area (Å²) in [6.45, 7) is 6.58. The van der Waals surface area contributed by atoms with Gasteiger partial charge in [-0.05, 0) is 51.0 Å². The highest BCUT2D eigenvalue weighted by Crippen LogP contribution is 2.24. The number of nitrogens with one attached hydrogen (secondary N) is 1. The van der Waals surface area contributed by atoms with E-state index in [1.807, 2.05) is 20.8 Å². The molecule has 0 aliphatic carbocycles. The number of benzene rings is 2. The first-order chi connectivity index (χ1) is 16.6. The van der Waals surface area contributed by atoms with E-state index in [9.17, 15) is 28.1 Å². The molecule has 0 saturated heterocycles. The molecule has 0 aliphatic rings. The molecule has 36 heavy (non-hydrogen) atoms. The van der Waals surface area contributed by atoms with E-state index in [-0.39, 0.29) is 30.2 Å². The van der Waals surface area contributed by atoms with Gasteiger partial charge in [0.1, 0.15) is 12.6 Å². The highest BCUT2D eigenvalue weighted by Gasteiger charge is 2.33. The molecule has 1 atom stereocenters. The molecule has 0 bridgehead atoms. The van der Waals surface area contributed by atoms with Crippen molar-refractivity contribution in [2.24, 2.45) is 0 Å². The molecular formula is C24H31ClN4O6S. The van der Waals surface area contributed by atoms with Gasteiger partial charge in [0.25, 0.3) is 5.69 Å². The minimum Gasteiger partial charge on any atom is -0.350 e. The summed E-state index contributed by atoms with van der Waals surface area (Å²) in [7, 11) is -4.00. The van der Waals surface area contributed by atoms with Crippen molar-refractivity contribution in [2.75, 3.05) is 17.1 Å². The molecule has 0 fully saturated rings. The second kappa shape index (κ2) is 11.7. The van der Waals surface area contributed by atoms with E-state index >= 15 is 0 Å². The number of anilines is 1. The number of nitrogens with zero attached hydrogens (tertiary/aromatic N) is 3. The van der Waals surface area contributed by atoms with E-state index in [4.69, 9.17) is 11.6 Å². The molecule has 1 N–H and O–H groups in total. The highest BCUT2D eigenvalue weighted by atomic mass is 35.5. The SMILES string of the molecule is CCC(C(=O)NC(C)(C)C)N(Cc1ccc(Cl)cc1)C(=O)CN(c1cccc([N+](=O)[O-])c1)S(C)(=O)=O. The summed E-state index contributed by atoms with van der Waals surface area (Å²) in [5.74, 6) is -1.02. The molecule has 0 heterocycles. The third-order valence-electron chi connectivity index (χ3n) is 5.16. The zero-order valence-electron chi connectivity index (χ0n) is 20.9. The van der Waals surface area contributed by atoms with E-state index in [1.165, 1.54) is 23.1 Å². The Morgan fingerprint density at radius 3 is 2.25 bits per heavy atom. The summed E-state index contributed by atoms with van der Waals surface area (Å²) in [5, 5.41) is 14.6. The molecule has 2 rings (SSSR count). The van der Waals surface area contributed by atoms with Crippen LogP contribution in [0.2, 0.25) is 5.02 Å². The quantitative estimate of drug-likeness (QED) is 0.362. The van der Waals surface area contributed by atoms with Crippen molar-refractivity contribution in [2.45, 2.75) is 52.2 Å². The Balaban J connectivity index is 2.49. The van der Waals surface area contributed by atoms with Crippen LogP contribution in [0.1, 0.15) is 39.7 Å². The predicted octanol–water partition coefficient (Wildman–Crippen LogP) is 3.74. The molecule has 0 radical (unpaired) electrons. The van der Waals surface area contributed by atoms with Gasteiger partial charge in [-0.1, -0.05) is 36.7 Å². The number of sulfonamides is 1. The number of rotatable bonds is 10. The Hall–Kier alpha value is -3.18. The molecule has 0 saturated carbocycles. The fourth-order valence-corrected chi connectivity index (χ4v) is 4.50. The Labute approximate surface area is 216 Å². The summed E-state index contributed by atoms with van der Waals surface area (Å²) >= 11 is 5.98. The topological polar surface area (TPSA) is 130 Å². The minimum atomic E-state index is -4.00. The second-order valence-electron chi connectivity index (χ2n) is 9.36. The van der Waals surface area contributed by atoms with Gasteiger partial charge in [0, 0.05) is 29.2 Å². The van der Waals surface area contributed by atoms with Crippen LogP contribution in [0.3, 0.4) is 0 Å². The number of amides is 2. The van der Waals surface area contributed by atoms with E-state index < -0.39 is 39.0 Å². The van der Waals surface area contributed by atoms with Gasteiger partial charge < -0.3 is 10.2 Å². The van der Waals surface area contributed by atoms with E-state index in [0.29, 0.717) is 10.6 Å². The Bertz CT molecular complexity index is 1210. The van der Waals surface area contributed by atoms with Crippen LogP contribution in [-0.2, 0) is 26.2 Å².